The van der Waals surface area contributed by atoms with Crippen LogP contribution in [0.25, 0.3) is 0 Å². The Morgan fingerprint density at radius 3 is 2.64 bits per heavy atom. The third-order valence-electron chi connectivity index (χ3n) is 4.78. The Kier molecular flexibility index (Phi) is 5.56. The van der Waals surface area contributed by atoms with E-state index in [1.54, 1.807) is 44.1 Å². The van der Waals surface area contributed by atoms with Crippen LogP contribution in [-0.4, -0.2) is 33.8 Å². The van der Waals surface area contributed by atoms with Gasteiger partial charge in [-0.05, 0) is 51.8 Å². The summed E-state index contributed by atoms with van der Waals surface area (Å²) in [6.45, 7) is 7.85. The van der Waals surface area contributed by atoms with Gasteiger partial charge in [0.25, 0.3) is 0 Å². The molecule has 2 heterocycles. The molecule has 0 fully saturated rings. The normalized spacial score (nSPS) is 16.2. The third-order valence-corrected chi connectivity index (χ3v) is 4.78. The van der Waals surface area contributed by atoms with Crippen molar-refractivity contribution in [3.63, 3.8) is 0 Å². The van der Waals surface area contributed by atoms with E-state index in [0.29, 0.717) is 24.3 Å². The highest BCUT2D eigenvalue weighted by Gasteiger charge is 2.30. The summed E-state index contributed by atoms with van der Waals surface area (Å²) in [6.07, 6.45) is 1.33. The molecule has 0 saturated heterocycles. The summed E-state index contributed by atoms with van der Waals surface area (Å²) in [5.74, 6) is -0.00105. The smallest absolute Gasteiger partial charge is 0.311 e. The molecule has 150 valence electrons. The number of aromatic amines is 1. The minimum absolute atomic E-state index is 0.0755. The molecule has 2 aromatic rings. The molecule has 1 aliphatic heterocycles. The number of halogens is 1. The zero-order chi connectivity index (χ0) is 20.5. The number of carbonyl (C=O) groups excluding carboxylic acids is 1. The van der Waals surface area contributed by atoms with Gasteiger partial charge in [0.15, 0.2) is 6.23 Å². The molecule has 7 heteroatoms. The van der Waals surface area contributed by atoms with Gasteiger partial charge in [-0.1, -0.05) is 12.1 Å². The molecule has 6 nitrogen and oxygen atoms in total. The number of fused-ring (bicyclic) bond motifs is 1. The number of benzene rings is 1. The van der Waals surface area contributed by atoms with Crippen LogP contribution in [0, 0.1) is 18.2 Å². The fraction of sp³-hybridized carbons (Fsp3) is 0.429. The van der Waals surface area contributed by atoms with E-state index in [1.807, 2.05) is 6.92 Å². The van der Waals surface area contributed by atoms with Crippen molar-refractivity contribution in [2.75, 3.05) is 6.54 Å². The molecule has 0 spiro atoms. The van der Waals surface area contributed by atoms with E-state index in [2.05, 4.69) is 9.98 Å². The van der Waals surface area contributed by atoms with Gasteiger partial charge in [0.05, 0.1) is 17.3 Å². The molecule has 1 aromatic carbocycles. The van der Waals surface area contributed by atoms with Crippen molar-refractivity contribution in [1.82, 2.24) is 9.88 Å². The maximum absolute atomic E-state index is 13.0. The second-order valence-electron chi connectivity index (χ2n) is 8.05. The number of hydrogen-bond acceptors (Lipinski definition) is 5. The Balaban J connectivity index is 1.72. The molecule has 1 aromatic heterocycles. The minimum Gasteiger partial charge on any atom is -0.460 e. The van der Waals surface area contributed by atoms with Crippen LogP contribution in [0.4, 0.5) is 10.2 Å². The molecular weight excluding hydrogens is 361 g/mol. The number of aryl methyl sites for hydroxylation is 1. The van der Waals surface area contributed by atoms with Crippen LogP contribution >= 0.6 is 0 Å². The number of aromatic nitrogens is 1. The van der Waals surface area contributed by atoms with E-state index in [-0.39, 0.29) is 18.4 Å². The number of H-pyrrole nitrogens is 1. The molecule has 0 bridgehead atoms. The molecule has 1 atom stereocenters. The molecule has 28 heavy (non-hydrogen) atoms. The SMILES string of the molecule is Cc1[nH]c2c(c1COC(=O)C(C)(C)C)C(O)N(CCc1ccc(F)cc1)C=N2. The number of aliphatic hydroxyl groups is 1. The van der Waals surface area contributed by atoms with Crippen LogP contribution in [-0.2, 0) is 22.6 Å². The first-order chi connectivity index (χ1) is 13.2. The third kappa shape index (κ3) is 4.25. The van der Waals surface area contributed by atoms with Crippen LogP contribution in [0.1, 0.15) is 49.4 Å². The number of esters is 1. The summed E-state index contributed by atoms with van der Waals surface area (Å²) in [5, 5.41) is 10.9. The van der Waals surface area contributed by atoms with Crippen LogP contribution < -0.4 is 0 Å². The Hall–Kier alpha value is -2.67. The number of hydrogen-bond donors (Lipinski definition) is 2. The van der Waals surface area contributed by atoms with E-state index in [0.717, 1.165) is 16.8 Å². The van der Waals surface area contributed by atoms with Crippen molar-refractivity contribution >= 4 is 18.1 Å². The zero-order valence-electron chi connectivity index (χ0n) is 16.6. The number of rotatable bonds is 5. The van der Waals surface area contributed by atoms with Crippen LogP contribution in [0.2, 0.25) is 0 Å². The van der Waals surface area contributed by atoms with Gasteiger partial charge in [0, 0.05) is 17.8 Å². The number of aliphatic imine (C=N–C) groups is 1. The minimum atomic E-state index is -0.902. The lowest BCUT2D eigenvalue weighted by molar-refractivity contribution is -0.154. The summed E-state index contributed by atoms with van der Waals surface area (Å²) in [4.78, 5) is 21.4. The molecule has 0 amide bonds. The molecule has 2 N–H and O–H groups in total. The van der Waals surface area contributed by atoms with Gasteiger partial charge in [-0.15, -0.1) is 0 Å². The fourth-order valence-electron chi connectivity index (χ4n) is 3.04. The second kappa shape index (κ2) is 7.75. The first kappa shape index (κ1) is 20.1. The van der Waals surface area contributed by atoms with Crippen molar-refractivity contribution in [3.8, 4) is 0 Å². The molecule has 3 rings (SSSR count). The Morgan fingerprint density at radius 1 is 1.32 bits per heavy atom. The molecule has 0 aliphatic carbocycles. The Labute approximate surface area is 164 Å². The Bertz CT molecular complexity index is 882. The van der Waals surface area contributed by atoms with Gasteiger partial charge in [-0.2, -0.15) is 0 Å². The highest BCUT2D eigenvalue weighted by Crippen LogP contribution is 2.36. The lowest BCUT2D eigenvalue weighted by atomic mass is 9.97. The fourth-order valence-corrected chi connectivity index (χ4v) is 3.04. The van der Waals surface area contributed by atoms with E-state index in [9.17, 15) is 14.3 Å². The number of ether oxygens (including phenoxy) is 1. The molecular formula is C21H26FN3O3. The van der Waals surface area contributed by atoms with E-state index in [1.165, 1.54) is 12.1 Å². The lowest BCUT2D eigenvalue weighted by Gasteiger charge is -2.29. The molecule has 1 unspecified atom stereocenters. The summed E-state index contributed by atoms with van der Waals surface area (Å²) in [7, 11) is 0. The lowest BCUT2D eigenvalue weighted by Crippen LogP contribution is -2.32. The standard InChI is InChI=1S/C21H26FN3O3/c1-13-16(11-28-20(27)21(2,3)4)17-18(24-13)23-12-25(19(17)26)10-9-14-5-7-15(22)8-6-14/h5-8,12,19,24,26H,9-11H2,1-4H3. The predicted octanol–water partition coefficient (Wildman–Crippen LogP) is 3.76. The van der Waals surface area contributed by atoms with Gasteiger partial charge in [0.2, 0.25) is 0 Å². The van der Waals surface area contributed by atoms with Crippen molar-refractivity contribution < 1.29 is 19.0 Å². The van der Waals surface area contributed by atoms with Crippen LogP contribution in [0.5, 0.6) is 0 Å². The van der Waals surface area contributed by atoms with Gasteiger partial charge in [0.1, 0.15) is 18.2 Å². The Morgan fingerprint density at radius 2 is 2.00 bits per heavy atom. The topological polar surface area (TPSA) is 77.9 Å². The van der Waals surface area contributed by atoms with E-state index in [4.69, 9.17) is 4.74 Å². The highest BCUT2D eigenvalue weighted by molar-refractivity contribution is 5.75. The van der Waals surface area contributed by atoms with Crippen molar-refractivity contribution in [2.24, 2.45) is 10.4 Å². The average molecular weight is 387 g/mol. The van der Waals surface area contributed by atoms with Crippen molar-refractivity contribution in [3.05, 3.63) is 52.5 Å². The maximum atomic E-state index is 13.0. The number of aliphatic hydroxyl groups excluding tert-OH is 1. The van der Waals surface area contributed by atoms with Crippen molar-refractivity contribution in [1.29, 1.82) is 0 Å². The summed E-state index contributed by atoms with van der Waals surface area (Å²) in [5.41, 5.74) is 2.55. The van der Waals surface area contributed by atoms with Gasteiger partial charge in [-0.3, -0.25) is 4.79 Å². The quantitative estimate of drug-likeness (QED) is 0.766. The van der Waals surface area contributed by atoms with Gasteiger partial charge >= 0.3 is 5.97 Å². The van der Waals surface area contributed by atoms with Gasteiger partial charge in [-0.25, -0.2) is 9.38 Å². The van der Waals surface area contributed by atoms with E-state index < -0.39 is 11.6 Å². The number of carbonyl (C=O) groups is 1. The second-order valence-corrected chi connectivity index (χ2v) is 8.05. The summed E-state index contributed by atoms with van der Waals surface area (Å²) >= 11 is 0. The monoisotopic (exact) mass is 387 g/mol. The van der Waals surface area contributed by atoms with Crippen LogP contribution in [0.15, 0.2) is 29.3 Å². The first-order valence-corrected chi connectivity index (χ1v) is 9.28. The van der Waals surface area contributed by atoms with Gasteiger partial charge < -0.3 is 19.7 Å². The zero-order valence-corrected chi connectivity index (χ0v) is 16.6. The number of nitrogens with one attached hydrogen (secondary N) is 1. The maximum Gasteiger partial charge on any atom is 0.311 e. The van der Waals surface area contributed by atoms with E-state index >= 15 is 0 Å². The summed E-state index contributed by atoms with van der Waals surface area (Å²) in [6, 6.07) is 6.30. The highest BCUT2D eigenvalue weighted by atomic mass is 19.1. The average Bonchev–Trinajstić information content (AvgIpc) is 2.95. The molecule has 0 saturated carbocycles. The molecule has 0 radical (unpaired) electrons. The predicted molar refractivity (Wildman–Crippen MR) is 105 cm³/mol. The largest absolute Gasteiger partial charge is 0.460 e. The first-order valence-electron chi connectivity index (χ1n) is 9.28. The summed E-state index contributed by atoms with van der Waals surface area (Å²) < 4.78 is 18.5. The number of nitrogens with zero attached hydrogens (tertiary/aromatic N) is 2. The molecule has 1 aliphatic rings. The van der Waals surface area contributed by atoms with Crippen molar-refractivity contribution in [2.45, 2.75) is 47.0 Å². The van der Waals surface area contributed by atoms with Crippen LogP contribution in [0.3, 0.4) is 0 Å².